The standard InChI is InChI=1S/C23H32N2O4S/c1-2-3-15-28-16-7-14-24-18-21-13-11-19-10-12-20(17-23(19)29-21)25-30(26,27)22-8-5-4-6-9-22/h4-6,8-10,12,17,21,24-25H,2-3,7,11,13-16,18H2,1H3. The number of aryl methyl sites for hydroxylation is 1. The molecule has 0 aliphatic carbocycles. The first-order valence-electron chi connectivity index (χ1n) is 10.7. The Morgan fingerprint density at radius 1 is 1.10 bits per heavy atom. The fraction of sp³-hybridized carbons (Fsp3) is 0.478. The van der Waals surface area contributed by atoms with Gasteiger partial charge in [0.2, 0.25) is 0 Å². The Morgan fingerprint density at radius 3 is 2.70 bits per heavy atom. The molecule has 164 valence electrons. The molecule has 0 saturated heterocycles. The highest BCUT2D eigenvalue weighted by Gasteiger charge is 2.21. The first kappa shape index (κ1) is 22.6. The topological polar surface area (TPSA) is 76.7 Å². The minimum Gasteiger partial charge on any atom is -0.489 e. The van der Waals surface area contributed by atoms with Crippen LogP contribution in [0.1, 0.15) is 38.2 Å². The minimum absolute atomic E-state index is 0.0829. The van der Waals surface area contributed by atoms with Crippen molar-refractivity contribution in [2.45, 2.75) is 50.0 Å². The molecule has 30 heavy (non-hydrogen) atoms. The van der Waals surface area contributed by atoms with E-state index in [1.807, 2.05) is 6.07 Å². The monoisotopic (exact) mass is 432 g/mol. The van der Waals surface area contributed by atoms with Gasteiger partial charge in [0.15, 0.2) is 0 Å². The quantitative estimate of drug-likeness (QED) is 0.496. The molecule has 7 heteroatoms. The van der Waals surface area contributed by atoms with Gasteiger partial charge in [0.1, 0.15) is 11.9 Å². The third-order valence-electron chi connectivity index (χ3n) is 5.06. The van der Waals surface area contributed by atoms with Gasteiger partial charge in [-0.2, -0.15) is 0 Å². The van der Waals surface area contributed by atoms with E-state index in [0.29, 0.717) is 5.69 Å². The van der Waals surface area contributed by atoms with Crippen LogP contribution in [0.3, 0.4) is 0 Å². The van der Waals surface area contributed by atoms with Crippen molar-refractivity contribution >= 4 is 15.7 Å². The summed E-state index contributed by atoms with van der Waals surface area (Å²) in [6, 6.07) is 13.9. The molecule has 1 unspecified atom stereocenters. The molecule has 0 aromatic heterocycles. The molecule has 2 aromatic carbocycles. The summed E-state index contributed by atoms with van der Waals surface area (Å²) in [5.74, 6) is 0.754. The second kappa shape index (κ2) is 11.3. The second-order valence-corrected chi connectivity index (χ2v) is 9.23. The van der Waals surface area contributed by atoms with Crippen molar-refractivity contribution in [3.8, 4) is 5.75 Å². The van der Waals surface area contributed by atoms with Crippen molar-refractivity contribution in [1.82, 2.24) is 5.32 Å². The Bertz CT molecular complexity index is 887. The number of ether oxygens (including phenoxy) is 2. The van der Waals surface area contributed by atoms with Gasteiger partial charge in [-0.25, -0.2) is 8.42 Å². The number of sulfonamides is 1. The van der Waals surface area contributed by atoms with E-state index in [9.17, 15) is 8.42 Å². The third kappa shape index (κ3) is 6.72. The van der Waals surface area contributed by atoms with Crippen LogP contribution in [-0.2, 0) is 21.2 Å². The summed E-state index contributed by atoms with van der Waals surface area (Å²) in [4.78, 5) is 0.240. The van der Waals surface area contributed by atoms with Crippen molar-refractivity contribution in [3.63, 3.8) is 0 Å². The molecular weight excluding hydrogens is 400 g/mol. The van der Waals surface area contributed by atoms with Crippen LogP contribution in [0.25, 0.3) is 0 Å². The maximum atomic E-state index is 12.5. The molecule has 1 aliphatic heterocycles. The second-order valence-electron chi connectivity index (χ2n) is 7.54. The van der Waals surface area contributed by atoms with E-state index in [-0.39, 0.29) is 11.0 Å². The molecule has 0 spiro atoms. The molecule has 1 heterocycles. The number of rotatable bonds is 12. The Labute approximate surface area is 180 Å². The molecule has 1 aliphatic rings. The average molecular weight is 433 g/mol. The molecular formula is C23H32N2O4S. The number of hydrogen-bond acceptors (Lipinski definition) is 5. The van der Waals surface area contributed by atoms with Gasteiger partial charge >= 0.3 is 0 Å². The number of fused-ring (bicyclic) bond motifs is 1. The van der Waals surface area contributed by atoms with E-state index in [2.05, 4.69) is 17.0 Å². The number of benzene rings is 2. The van der Waals surface area contributed by atoms with Gasteiger partial charge in [0, 0.05) is 25.8 Å². The molecule has 0 bridgehead atoms. The lowest BCUT2D eigenvalue weighted by atomic mass is 10.0. The van der Waals surface area contributed by atoms with Crippen LogP contribution < -0.4 is 14.8 Å². The smallest absolute Gasteiger partial charge is 0.261 e. The number of anilines is 1. The van der Waals surface area contributed by atoms with Crippen LogP contribution >= 0.6 is 0 Å². The molecule has 0 saturated carbocycles. The van der Waals surface area contributed by atoms with Crippen molar-refractivity contribution in [1.29, 1.82) is 0 Å². The Morgan fingerprint density at radius 2 is 1.90 bits per heavy atom. The van der Waals surface area contributed by atoms with E-state index in [1.54, 1.807) is 42.5 Å². The Kier molecular flexibility index (Phi) is 8.54. The minimum atomic E-state index is -3.61. The van der Waals surface area contributed by atoms with E-state index in [1.165, 1.54) is 0 Å². The van der Waals surface area contributed by atoms with Crippen LogP contribution in [0, 0.1) is 0 Å². The summed E-state index contributed by atoms with van der Waals surface area (Å²) in [5, 5.41) is 3.43. The van der Waals surface area contributed by atoms with Crippen LogP contribution in [0.5, 0.6) is 5.75 Å². The largest absolute Gasteiger partial charge is 0.489 e. The summed E-state index contributed by atoms with van der Waals surface area (Å²) in [6.45, 7) is 5.46. The summed E-state index contributed by atoms with van der Waals surface area (Å²) in [6.07, 6.45) is 5.22. The van der Waals surface area contributed by atoms with Crippen LogP contribution in [-0.4, -0.2) is 40.8 Å². The Balaban J connectivity index is 1.48. The van der Waals surface area contributed by atoms with Crippen molar-refractivity contribution in [3.05, 3.63) is 54.1 Å². The van der Waals surface area contributed by atoms with Gasteiger partial charge in [-0.15, -0.1) is 0 Å². The summed E-state index contributed by atoms with van der Waals surface area (Å²) < 4.78 is 39.4. The zero-order valence-electron chi connectivity index (χ0n) is 17.6. The summed E-state index contributed by atoms with van der Waals surface area (Å²) in [5.41, 5.74) is 1.62. The lowest BCUT2D eigenvalue weighted by Crippen LogP contribution is -2.34. The van der Waals surface area contributed by atoms with Gasteiger partial charge in [-0.05, 0) is 56.0 Å². The highest BCUT2D eigenvalue weighted by Crippen LogP contribution is 2.31. The average Bonchev–Trinajstić information content (AvgIpc) is 2.76. The maximum absolute atomic E-state index is 12.5. The third-order valence-corrected chi connectivity index (χ3v) is 6.46. The predicted molar refractivity (Wildman–Crippen MR) is 120 cm³/mol. The van der Waals surface area contributed by atoms with E-state index in [4.69, 9.17) is 9.47 Å². The summed E-state index contributed by atoms with van der Waals surface area (Å²) >= 11 is 0. The molecule has 1 atom stereocenters. The zero-order chi connectivity index (χ0) is 21.2. The molecule has 6 nitrogen and oxygen atoms in total. The van der Waals surface area contributed by atoms with Gasteiger partial charge < -0.3 is 14.8 Å². The predicted octanol–water partition coefficient (Wildman–Crippen LogP) is 3.98. The zero-order valence-corrected chi connectivity index (χ0v) is 18.4. The van der Waals surface area contributed by atoms with E-state index >= 15 is 0 Å². The fourth-order valence-corrected chi connectivity index (χ4v) is 4.43. The molecule has 0 fully saturated rings. The van der Waals surface area contributed by atoms with Crippen LogP contribution in [0.4, 0.5) is 5.69 Å². The highest BCUT2D eigenvalue weighted by molar-refractivity contribution is 7.92. The van der Waals surface area contributed by atoms with Gasteiger partial charge in [-0.3, -0.25) is 4.72 Å². The molecule has 2 aromatic rings. The number of unbranched alkanes of at least 4 members (excludes halogenated alkanes) is 1. The van der Waals surface area contributed by atoms with Crippen molar-refractivity contribution in [2.24, 2.45) is 0 Å². The van der Waals surface area contributed by atoms with Crippen LogP contribution in [0.15, 0.2) is 53.4 Å². The van der Waals surface area contributed by atoms with Crippen LogP contribution in [0.2, 0.25) is 0 Å². The normalized spacial score (nSPS) is 16.0. The maximum Gasteiger partial charge on any atom is 0.261 e. The van der Waals surface area contributed by atoms with E-state index < -0.39 is 10.0 Å². The first-order chi connectivity index (χ1) is 14.6. The van der Waals surface area contributed by atoms with Gasteiger partial charge in [0.05, 0.1) is 10.6 Å². The SMILES string of the molecule is CCCCOCCCNCC1CCc2ccc(NS(=O)(=O)c3ccccc3)cc2O1. The lowest BCUT2D eigenvalue weighted by Gasteiger charge is -2.27. The summed E-state index contributed by atoms with van der Waals surface area (Å²) in [7, 11) is -3.61. The molecule has 0 amide bonds. The van der Waals surface area contributed by atoms with Crippen molar-refractivity contribution < 1.29 is 17.9 Å². The van der Waals surface area contributed by atoms with Gasteiger partial charge in [0.25, 0.3) is 10.0 Å². The van der Waals surface area contributed by atoms with Gasteiger partial charge in [-0.1, -0.05) is 37.6 Å². The fourth-order valence-electron chi connectivity index (χ4n) is 3.36. The van der Waals surface area contributed by atoms with E-state index in [0.717, 1.165) is 69.7 Å². The molecule has 0 radical (unpaired) electrons. The number of nitrogens with one attached hydrogen (secondary N) is 2. The highest BCUT2D eigenvalue weighted by atomic mass is 32.2. The van der Waals surface area contributed by atoms with Crippen molar-refractivity contribution in [2.75, 3.05) is 31.0 Å². The lowest BCUT2D eigenvalue weighted by molar-refractivity contribution is 0.126. The number of hydrogen-bond donors (Lipinski definition) is 2. The Hall–Kier alpha value is -2.09. The first-order valence-corrected chi connectivity index (χ1v) is 12.2. The molecule has 3 rings (SSSR count). The molecule has 2 N–H and O–H groups in total.